The van der Waals surface area contributed by atoms with Gasteiger partial charge in [-0.3, -0.25) is 4.79 Å². The van der Waals surface area contributed by atoms with Gasteiger partial charge in [-0.15, -0.1) is 0 Å². The molecule has 1 aliphatic carbocycles. The van der Waals surface area contributed by atoms with Crippen molar-refractivity contribution >= 4 is 5.97 Å². The highest BCUT2D eigenvalue weighted by Crippen LogP contribution is 2.27. The van der Waals surface area contributed by atoms with Gasteiger partial charge in [0.05, 0.1) is 12.7 Å². The largest absolute Gasteiger partial charge is 0.466 e. The summed E-state index contributed by atoms with van der Waals surface area (Å²) in [4.78, 5) is 11.2. The number of hydrogen-bond donors (Lipinski definition) is 1. The molecule has 0 aromatic heterocycles. The quantitative estimate of drug-likeness (QED) is 0.581. The Labute approximate surface area is 98.2 Å². The number of aliphatic hydroxyl groups is 1. The van der Waals surface area contributed by atoms with Crippen LogP contribution in [0.3, 0.4) is 0 Å². The number of esters is 1. The van der Waals surface area contributed by atoms with E-state index in [1.807, 2.05) is 0 Å². The molecule has 3 nitrogen and oxygen atoms in total. The zero-order valence-electron chi connectivity index (χ0n) is 10.3. The Bertz CT molecular complexity index is 195. The van der Waals surface area contributed by atoms with Gasteiger partial charge < -0.3 is 9.84 Å². The average molecular weight is 228 g/mol. The van der Waals surface area contributed by atoms with Crippen LogP contribution in [0.2, 0.25) is 0 Å². The van der Waals surface area contributed by atoms with Crippen molar-refractivity contribution in [2.75, 3.05) is 6.61 Å². The van der Waals surface area contributed by atoms with Crippen molar-refractivity contribution in [3.05, 3.63) is 0 Å². The molecular weight excluding hydrogens is 204 g/mol. The number of rotatable bonds is 5. The third kappa shape index (κ3) is 4.97. The predicted molar refractivity (Wildman–Crippen MR) is 63.1 cm³/mol. The summed E-state index contributed by atoms with van der Waals surface area (Å²) >= 11 is 0. The number of hydrogen-bond acceptors (Lipinski definition) is 3. The van der Waals surface area contributed by atoms with Crippen LogP contribution >= 0.6 is 0 Å². The van der Waals surface area contributed by atoms with Crippen LogP contribution in [0.1, 0.15) is 58.3 Å². The Morgan fingerprint density at radius 3 is 2.50 bits per heavy atom. The second kappa shape index (κ2) is 7.66. The third-order valence-corrected chi connectivity index (χ3v) is 3.39. The highest BCUT2D eigenvalue weighted by molar-refractivity contribution is 5.69. The highest BCUT2D eigenvalue weighted by Gasteiger charge is 2.21. The van der Waals surface area contributed by atoms with Gasteiger partial charge in [0.1, 0.15) is 0 Å². The maximum absolute atomic E-state index is 11.2. The van der Waals surface area contributed by atoms with Crippen molar-refractivity contribution in [1.29, 1.82) is 0 Å². The zero-order valence-corrected chi connectivity index (χ0v) is 10.3. The molecule has 0 amide bonds. The number of aliphatic hydroxyl groups excluding tert-OH is 1. The Morgan fingerprint density at radius 1 is 1.31 bits per heavy atom. The molecule has 0 aromatic carbocycles. The zero-order chi connectivity index (χ0) is 11.8. The van der Waals surface area contributed by atoms with E-state index in [1.165, 1.54) is 25.7 Å². The van der Waals surface area contributed by atoms with Crippen molar-refractivity contribution in [2.24, 2.45) is 5.92 Å². The van der Waals surface area contributed by atoms with Gasteiger partial charge in [-0.2, -0.15) is 0 Å². The minimum atomic E-state index is -0.317. The van der Waals surface area contributed by atoms with E-state index in [0.29, 0.717) is 25.4 Å². The molecule has 1 rings (SSSR count). The monoisotopic (exact) mass is 228 g/mol. The topological polar surface area (TPSA) is 46.5 Å². The lowest BCUT2D eigenvalue weighted by atomic mass is 9.91. The van der Waals surface area contributed by atoms with Gasteiger partial charge in [0.2, 0.25) is 0 Å². The lowest BCUT2D eigenvalue weighted by Gasteiger charge is -2.20. The van der Waals surface area contributed by atoms with E-state index in [-0.39, 0.29) is 12.1 Å². The summed E-state index contributed by atoms with van der Waals surface area (Å²) in [5.74, 6) is 0.215. The maximum atomic E-state index is 11.2. The van der Waals surface area contributed by atoms with E-state index in [0.717, 1.165) is 12.8 Å². The van der Waals surface area contributed by atoms with E-state index >= 15 is 0 Å². The Morgan fingerprint density at radius 2 is 1.94 bits per heavy atom. The molecule has 0 aliphatic heterocycles. The van der Waals surface area contributed by atoms with Gasteiger partial charge in [0, 0.05) is 6.42 Å². The fraction of sp³-hybridized carbons (Fsp3) is 0.923. The van der Waals surface area contributed by atoms with Gasteiger partial charge in [0.15, 0.2) is 0 Å². The molecule has 1 aliphatic rings. The SMILES string of the molecule is CCOC(=O)CCC(O)C1CCCCCC1. The van der Waals surface area contributed by atoms with E-state index in [4.69, 9.17) is 4.74 Å². The van der Waals surface area contributed by atoms with Crippen molar-refractivity contribution in [2.45, 2.75) is 64.4 Å². The molecule has 0 bridgehead atoms. The molecule has 1 saturated carbocycles. The maximum Gasteiger partial charge on any atom is 0.305 e. The summed E-state index contributed by atoms with van der Waals surface area (Å²) in [6.07, 6.45) is 7.86. The summed E-state index contributed by atoms with van der Waals surface area (Å²) in [6.45, 7) is 2.23. The first kappa shape index (κ1) is 13.5. The summed E-state index contributed by atoms with van der Waals surface area (Å²) in [5, 5.41) is 10.0. The van der Waals surface area contributed by atoms with Crippen LogP contribution in [0, 0.1) is 5.92 Å². The summed E-state index contributed by atoms with van der Waals surface area (Å²) < 4.78 is 4.85. The molecule has 1 N–H and O–H groups in total. The molecule has 0 saturated heterocycles. The molecule has 1 fully saturated rings. The first-order valence-electron chi connectivity index (χ1n) is 6.57. The summed E-state index contributed by atoms with van der Waals surface area (Å²) in [6, 6.07) is 0. The lowest BCUT2D eigenvalue weighted by molar-refractivity contribution is -0.143. The van der Waals surface area contributed by atoms with Gasteiger partial charge in [0.25, 0.3) is 0 Å². The normalized spacial score (nSPS) is 20.1. The molecular formula is C13H24O3. The van der Waals surface area contributed by atoms with E-state index < -0.39 is 0 Å². The minimum absolute atomic E-state index is 0.185. The van der Waals surface area contributed by atoms with Crippen LogP contribution in [0.25, 0.3) is 0 Å². The molecule has 0 radical (unpaired) electrons. The van der Waals surface area contributed by atoms with Gasteiger partial charge in [-0.25, -0.2) is 0 Å². The third-order valence-electron chi connectivity index (χ3n) is 3.39. The molecule has 1 unspecified atom stereocenters. The van der Waals surface area contributed by atoms with Crippen LogP contribution in [0.15, 0.2) is 0 Å². The second-order valence-corrected chi connectivity index (χ2v) is 4.66. The average Bonchev–Trinajstić information content (AvgIpc) is 2.55. The van der Waals surface area contributed by atoms with Crippen LogP contribution in [0.5, 0.6) is 0 Å². The standard InChI is InChI=1S/C13H24O3/c1-2-16-13(15)10-9-12(14)11-7-5-3-4-6-8-11/h11-12,14H,2-10H2,1H3. The van der Waals surface area contributed by atoms with E-state index in [9.17, 15) is 9.90 Å². The molecule has 16 heavy (non-hydrogen) atoms. The van der Waals surface area contributed by atoms with Crippen molar-refractivity contribution in [3.63, 3.8) is 0 Å². The molecule has 1 atom stereocenters. The van der Waals surface area contributed by atoms with E-state index in [2.05, 4.69) is 0 Å². The highest BCUT2D eigenvalue weighted by atomic mass is 16.5. The first-order valence-corrected chi connectivity index (χ1v) is 6.57. The second-order valence-electron chi connectivity index (χ2n) is 4.66. The van der Waals surface area contributed by atoms with Crippen molar-refractivity contribution < 1.29 is 14.6 Å². The van der Waals surface area contributed by atoms with Crippen molar-refractivity contribution in [1.82, 2.24) is 0 Å². The smallest absolute Gasteiger partial charge is 0.305 e. The Balaban J connectivity index is 2.22. The molecule has 0 aromatic rings. The first-order chi connectivity index (χ1) is 7.74. The number of carbonyl (C=O) groups excluding carboxylic acids is 1. The van der Waals surface area contributed by atoms with Crippen LogP contribution < -0.4 is 0 Å². The van der Waals surface area contributed by atoms with Crippen LogP contribution in [-0.4, -0.2) is 23.8 Å². The van der Waals surface area contributed by atoms with Gasteiger partial charge in [-0.05, 0) is 32.1 Å². The Hall–Kier alpha value is -0.570. The predicted octanol–water partition coefficient (Wildman–Crippen LogP) is 2.66. The molecule has 3 heteroatoms. The van der Waals surface area contributed by atoms with Gasteiger partial charge in [-0.1, -0.05) is 25.7 Å². The summed E-state index contributed by atoms with van der Waals surface area (Å²) in [7, 11) is 0. The Kier molecular flexibility index (Phi) is 6.46. The lowest BCUT2D eigenvalue weighted by Crippen LogP contribution is -2.21. The fourth-order valence-corrected chi connectivity index (χ4v) is 2.43. The number of ether oxygens (including phenoxy) is 1. The fourth-order valence-electron chi connectivity index (χ4n) is 2.43. The van der Waals surface area contributed by atoms with Crippen molar-refractivity contribution in [3.8, 4) is 0 Å². The van der Waals surface area contributed by atoms with Gasteiger partial charge >= 0.3 is 5.97 Å². The number of carbonyl (C=O) groups is 1. The minimum Gasteiger partial charge on any atom is -0.466 e. The van der Waals surface area contributed by atoms with E-state index in [1.54, 1.807) is 6.92 Å². The molecule has 0 spiro atoms. The van der Waals surface area contributed by atoms with Crippen LogP contribution in [-0.2, 0) is 9.53 Å². The molecule has 0 heterocycles. The molecule has 94 valence electrons. The van der Waals surface area contributed by atoms with Crippen LogP contribution in [0.4, 0.5) is 0 Å². The summed E-state index contributed by atoms with van der Waals surface area (Å²) in [5.41, 5.74) is 0.